The summed E-state index contributed by atoms with van der Waals surface area (Å²) in [6, 6.07) is 0. The van der Waals surface area contributed by atoms with Crippen molar-refractivity contribution in [2.45, 2.75) is 6.92 Å². The third kappa shape index (κ3) is 1.33. The second-order valence-corrected chi connectivity index (χ2v) is 2.45. The number of anilines is 1. The van der Waals surface area contributed by atoms with Gasteiger partial charge in [0.15, 0.2) is 0 Å². The Morgan fingerprint density at radius 1 is 1.38 bits per heavy atom. The van der Waals surface area contributed by atoms with Gasteiger partial charge in [-0.3, -0.25) is 0 Å². The molecule has 0 fully saturated rings. The summed E-state index contributed by atoms with van der Waals surface area (Å²) in [5, 5.41) is 7.48. The smallest absolute Gasteiger partial charge is 0.252 e. The first kappa shape index (κ1) is 7.66. The number of nitrogen functional groups attached to an aromatic ring is 1. The molecule has 0 unspecified atom stereocenters. The number of hydrogen-bond acceptors (Lipinski definition) is 6. The molecular weight excluding hydrogens is 170 g/mol. The van der Waals surface area contributed by atoms with Gasteiger partial charge in [0.25, 0.3) is 5.89 Å². The van der Waals surface area contributed by atoms with Crippen molar-refractivity contribution in [1.82, 2.24) is 20.2 Å². The molecule has 2 aromatic heterocycles. The Morgan fingerprint density at radius 2 is 2.23 bits per heavy atom. The Kier molecular flexibility index (Phi) is 1.66. The van der Waals surface area contributed by atoms with E-state index in [-0.39, 0.29) is 0 Å². The van der Waals surface area contributed by atoms with E-state index in [1.165, 1.54) is 12.5 Å². The van der Waals surface area contributed by atoms with E-state index in [4.69, 9.17) is 10.2 Å². The standard InChI is InChI=1S/C7H7N5O/c1-4-11-12-7(13-4)5-2-9-3-10-6(5)8/h2-3H,1H3,(H2,8,9,10). The molecule has 0 radical (unpaired) electrons. The number of rotatable bonds is 1. The van der Waals surface area contributed by atoms with Crippen LogP contribution in [0.4, 0.5) is 5.82 Å². The van der Waals surface area contributed by atoms with Crippen LogP contribution in [0.15, 0.2) is 16.9 Å². The van der Waals surface area contributed by atoms with Crippen LogP contribution in [0, 0.1) is 6.92 Å². The van der Waals surface area contributed by atoms with Crippen LogP contribution in [0.2, 0.25) is 0 Å². The maximum absolute atomic E-state index is 5.58. The molecule has 0 saturated carbocycles. The minimum absolute atomic E-state index is 0.332. The molecule has 13 heavy (non-hydrogen) atoms. The van der Waals surface area contributed by atoms with Gasteiger partial charge in [0.2, 0.25) is 5.89 Å². The summed E-state index contributed by atoms with van der Waals surface area (Å²) in [7, 11) is 0. The number of hydrogen-bond donors (Lipinski definition) is 1. The van der Waals surface area contributed by atoms with Crippen LogP contribution in [0.3, 0.4) is 0 Å². The lowest BCUT2D eigenvalue weighted by Crippen LogP contribution is -1.94. The number of nitrogens with two attached hydrogens (primary N) is 1. The molecular formula is C7H7N5O. The highest BCUT2D eigenvalue weighted by Gasteiger charge is 2.09. The first-order chi connectivity index (χ1) is 6.27. The molecule has 2 N–H and O–H groups in total. The predicted molar refractivity (Wildman–Crippen MR) is 44.5 cm³/mol. The van der Waals surface area contributed by atoms with E-state index in [0.29, 0.717) is 23.2 Å². The van der Waals surface area contributed by atoms with Gasteiger partial charge >= 0.3 is 0 Å². The lowest BCUT2D eigenvalue weighted by molar-refractivity contribution is 0.532. The highest BCUT2D eigenvalue weighted by atomic mass is 16.4. The highest BCUT2D eigenvalue weighted by molar-refractivity contribution is 5.64. The number of aryl methyl sites for hydroxylation is 1. The van der Waals surface area contributed by atoms with E-state index in [1.54, 1.807) is 6.92 Å². The normalized spacial score (nSPS) is 10.2. The monoisotopic (exact) mass is 177 g/mol. The summed E-state index contributed by atoms with van der Waals surface area (Å²) >= 11 is 0. The third-order valence-corrected chi connectivity index (χ3v) is 1.50. The van der Waals surface area contributed by atoms with E-state index in [1.807, 2.05) is 0 Å². The molecule has 0 aliphatic heterocycles. The summed E-state index contributed by atoms with van der Waals surface area (Å²) in [5.74, 6) is 1.16. The van der Waals surface area contributed by atoms with Crippen LogP contribution >= 0.6 is 0 Å². The quantitative estimate of drug-likeness (QED) is 0.678. The second kappa shape index (κ2) is 2.81. The molecule has 2 heterocycles. The Hall–Kier alpha value is -1.98. The first-order valence-corrected chi connectivity index (χ1v) is 3.63. The summed E-state index contributed by atoms with van der Waals surface area (Å²) in [5.41, 5.74) is 6.14. The number of nitrogens with zero attached hydrogens (tertiary/aromatic N) is 4. The van der Waals surface area contributed by atoms with Gasteiger partial charge in [0.05, 0.1) is 5.56 Å². The van der Waals surface area contributed by atoms with Gasteiger partial charge in [-0.05, 0) is 0 Å². The largest absolute Gasteiger partial charge is 0.421 e. The fraction of sp³-hybridized carbons (Fsp3) is 0.143. The third-order valence-electron chi connectivity index (χ3n) is 1.50. The van der Waals surface area contributed by atoms with E-state index in [9.17, 15) is 0 Å². The van der Waals surface area contributed by atoms with E-state index in [2.05, 4.69) is 20.2 Å². The van der Waals surface area contributed by atoms with Crippen molar-refractivity contribution in [3.05, 3.63) is 18.4 Å². The Labute approximate surface area is 73.8 Å². The first-order valence-electron chi connectivity index (χ1n) is 3.63. The summed E-state index contributed by atoms with van der Waals surface area (Å²) in [6.07, 6.45) is 2.90. The molecule has 0 aliphatic rings. The average Bonchev–Trinajstić information content (AvgIpc) is 2.53. The molecule has 0 aliphatic carbocycles. The minimum atomic E-state index is 0.332. The lowest BCUT2D eigenvalue weighted by atomic mass is 10.3. The molecule has 0 aromatic carbocycles. The minimum Gasteiger partial charge on any atom is -0.421 e. The van der Waals surface area contributed by atoms with Crippen LogP contribution in [0.1, 0.15) is 5.89 Å². The van der Waals surface area contributed by atoms with Crippen LogP contribution in [-0.4, -0.2) is 20.2 Å². The van der Waals surface area contributed by atoms with Crippen LogP contribution < -0.4 is 5.73 Å². The summed E-state index contributed by atoms with van der Waals surface area (Å²) in [4.78, 5) is 7.62. The van der Waals surface area contributed by atoms with Crippen molar-refractivity contribution in [1.29, 1.82) is 0 Å². The van der Waals surface area contributed by atoms with E-state index in [0.717, 1.165) is 0 Å². The van der Waals surface area contributed by atoms with Crippen molar-refractivity contribution in [3.8, 4) is 11.5 Å². The molecule has 0 saturated heterocycles. The maximum atomic E-state index is 5.58. The molecule has 0 spiro atoms. The Morgan fingerprint density at radius 3 is 2.85 bits per heavy atom. The van der Waals surface area contributed by atoms with Crippen LogP contribution in [0.25, 0.3) is 11.5 Å². The van der Waals surface area contributed by atoms with Crippen molar-refractivity contribution in [2.75, 3.05) is 5.73 Å². The zero-order valence-electron chi connectivity index (χ0n) is 6.93. The van der Waals surface area contributed by atoms with Crippen LogP contribution in [0.5, 0.6) is 0 Å². The highest BCUT2D eigenvalue weighted by Crippen LogP contribution is 2.20. The zero-order valence-corrected chi connectivity index (χ0v) is 6.93. The fourth-order valence-electron chi connectivity index (χ4n) is 0.909. The average molecular weight is 177 g/mol. The lowest BCUT2D eigenvalue weighted by Gasteiger charge is -1.95. The Bertz CT molecular complexity index is 424. The van der Waals surface area contributed by atoms with Gasteiger partial charge in [0.1, 0.15) is 12.1 Å². The molecule has 6 heteroatoms. The molecule has 0 atom stereocenters. The molecule has 66 valence electrons. The zero-order chi connectivity index (χ0) is 9.26. The van der Waals surface area contributed by atoms with Crippen molar-refractivity contribution >= 4 is 5.82 Å². The van der Waals surface area contributed by atoms with Gasteiger partial charge in [-0.1, -0.05) is 0 Å². The van der Waals surface area contributed by atoms with Crippen molar-refractivity contribution < 1.29 is 4.42 Å². The van der Waals surface area contributed by atoms with Gasteiger partial charge in [-0.2, -0.15) is 0 Å². The second-order valence-electron chi connectivity index (χ2n) is 2.45. The molecule has 2 aromatic rings. The van der Waals surface area contributed by atoms with Gasteiger partial charge < -0.3 is 10.2 Å². The maximum Gasteiger partial charge on any atom is 0.252 e. The molecule has 2 rings (SSSR count). The van der Waals surface area contributed by atoms with E-state index >= 15 is 0 Å². The Balaban J connectivity index is 2.52. The summed E-state index contributed by atoms with van der Waals surface area (Å²) in [6.45, 7) is 1.70. The molecule has 0 bridgehead atoms. The topological polar surface area (TPSA) is 90.7 Å². The van der Waals surface area contributed by atoms with Crippen molar-refractivity contribution in [3.63, 3.8) is 0 Å². The van der Waals surface area contributed by atoms with Gasteiger partial charge in [0, 0.05) is 13.1 Å². The number of aromatic nitrogens is 4. The molecule has 0 amide bonds. The molecule has 6 nitrogen and oxygen atoms in total. The van der Waals surface area contributed by atoms with Crippen LogP contribution in [-0.2, 0) is 0 Å². The van der Waals surface area contributed by atoms with Gasteiger partial charge in [-0.15, -0.1) is 10.2 Å². The predicted octanol–water partition coefficient (Wildman–Crippen LogP) is 0.417. The summed E-state index contributed by atoms with van der Waals surface area (Å²) < 4.78 is 5.17. The fourth-order valence-corrected chi connectivity index (χ4v) is 0.909. The van der Waals surface area contributed by atoms with Crippen molar-refractivity contribution in [2.24, 2.45) is 0 Å². The SMILES string of the molecule is Cc1nnc(-c2cncnc2N)o1. The van der Waals surface area contributed by atoms with Gasteiger partial charge in [-0.25, -0.2) is 9.97 Å². The van der Waals surface area contributed by atoms with E-state index < -0.39 is 0 Å².